The number of anilines is 1. The molecule has 0 radical (unpaired) electrons. The van der Waals surface area contributed by atoms with E-state index >= 15 is 0 Å². The van der Waals surface area contributed by atoms with E-state index in [0.29, 0.717) is 23.8 Å². The molecule has 3 saturated carbocycles. The molecule has 0 saturated heterocycles. The summed E-state index contributed by atoms with van der Waals surface area (Å²) in [4.78, 5) is 27.9. The number of amides is 2. The van der Waals surface area contributed by atoms with Crippen molar-refractivity contribution in [2.45, 2.75) is 65.3 Å². The molecule has 166 valence electrons. The molecule has 4 heteroatoms. The van der Waals surface area contributed by atoms with Gasteiger partial charge in [-0.05, 0) is 86.8 Å². The van der Waals surface area contributed by atoms with Crippen molar-refractivity contribution in [3.8, 4) is 0 Å². The van der Waals surface area contributed by atoms with Crippen LogP contribution in [0, 0.1) is 34.5 Å². The zero-order chi connectivity index (χ0) is 21.8. The first kappa shape index (κ1) is 20.8. The van der Waals surface area contributed by atoms with Gasteiger partial charge in [-0.1, -0.05) is 38.1 Å². The Morgan fingerprint density at radius 3 is 2.58 bits per heavy atom. The molecule has 5 rings (SSSR count). The lowest BCUT2D eigenvalue weighted by atomic mass is 9.47. The van der Waals surface area contributed by atoms with E-state index in [1.807, 2.05) is 36.4 Å². The fraction of sp³-hybridized carbons (Fsp3) is 0.630. The molecule has 1 aliphatic heterocycles. The molecular formula is C27H36N2O2. The van der Waals surface area contributed by atoms with Crippen LogP contribution in [-0.2, 0) is 9.59 Å². The minimum absolute atomic E-state index is 0.0680. The quantitative estimate of drug-likeness (QED) is 0.724. The number of rotatable bonds is 3. The van der Waals surface area contributed by atoms with Crippen molar-refractivity contribution in [3.05, 3.63) is 42.5 Å². The molecule has 1 N–H and O–H groups in total. The fourth-order valence-corrected chi connectivity index (χ4v) is 8.16. The summed E-state index contributed by atoms with van der Waals surface area (Å²) < 4.78 is 0. The van der Waals surface area contributed by atoms with E-state index < -0.39 is 0 Å². The van der Waals surface area contributed by atoms with Crippen LogP contribution < -0.4 is 5.32 Å². The second kappa shape index (κ2) is 7.50. The first-order valence-electron chi connectivity index (χ1n) is 12.2. The number of benzene rings is 1. The molecule has 3 aliphatic carbocycles. The van der Waals surface area contributed by atoms with E-state index in [0.717, 1.165) is 44.3 Å². The normalized spacial score (nSPS) is 41.3. The van der Waals surface area contributed by atoms with Gasteiger partial charge in [0, 0.05) is 29.6 Å². The number of fused-ring (bicyclic) bond motifs is 5. The Kier molecular flexibility index (Phi) is 5.02. The van der Waals surface area contributed by atoms with E-state index in [1.54, 1.807) is 0 Å². The summed E-state index contributed by atoms with van der Waals surface area (Å²) in [5, 5.41) is 3.19. The monoisotopic (exact) mass is 420 g/mol. The second-order valence-electron chi connectivity index (χ2n) is 10.8. The number of carbonyl (C=O) groups excluding carboxylic acids is 2. The topological polar surface area (TPSA) is 49.4 Å². The van der Waals surface area contributed by atoms with Gasteiger partial charge in [-0.15, -0.1) is 0 Å². The molecule has 4 aliphatic rings. The third kappa shape index (κ3) is 3.08. The summed E-state index contributed by atoms with van der Waals surface area (Å²) in [7, 11) is 0. The van der Waals surface area contributed by atoms with Crippen LogP contribution in [0.25, 0.3) is 0 Å². The Labute approximate surface area is 186 Å². The number of hydrogen-bond donors (Lipinski definition) is 1. The van der Waals surface area contributed by atoms with Crippen molar-refractivity contribution < 1.29 is 9.59 Å². The van der Waals surface area contributed by atoms with Gasteiger partial charge in [-0.3, -0.25) is 9.59 Å². The lowest BCUT2D eigenvalue weighted by Crippen LogP contribution is -2.60. The lowest BCUT2D eigenvalue weighted by molar-refractivity contribution is -0.143. The molecule has 4 nitrogen and oxygen atoms in total. The summed E-state index contributed by atoms with van der Waals surface area (Å²) in [5.41, 5.74) is 1.05. The van der Waals surface area contributed by atoms with Crippen LogP contribution in [-0.4, -0.2) is 29.3 Å². The Balaban J connectivity index is 1.38. The molecule has 1 heterocycles. The van der Waals surface area contributed by atoms with E-state index in [-0.39, 0.29) is 28.6 Å². The zero-order valence-electron chi connectivity index (χ0n) is 19.1. The van der Waals surface area contributed by atoms with Crippen molar-refractivity contribution in [2.24, 2.45) is 34.5 Å². The molecule has 2 unspecified atom stereocenters. The highest BCUT2D eigenvalue weighted by atomic mass is 16.2. The first-order valence-corrected chi connectivity index (χ1v) is 12.2. The van der Waals surface area contributed by atoms with Gasteiger partial charge in [0.1, 0.15) is 0 Å². The van der Waals surface area contributed by atoms with Crippen LogP contribution in [0.5, 0.6) is 0 Å². The number of hydrogen-bond acceptors (Lipinski definition) is 2. The molecule has 7 atom stereocenters. The zero-order valence-corrected chi connectivity index (χ0v) is 19.1. The average molecular weight is 421 g/mol. The molecule has 0 bridgehead atoms. The van der Waals surface area contributed by atoms with Crippen LogP contribution in [0.3, 0.4) is 0 Å². The Hall–Kier alpha value is -2.10. The van der Waals surface area contributed by atoms with Crippen LogP contribution in [0.15, 0.2) is 42.5 Å². The maximum absolute atomic E-state index is 13.3. The predicted octanol–water partition coefficient (Wildman–Crippen LogP) is 5.27. The highest BCUT2D eigenvalue weighted by Crippen LogP contribution is 2.65. The van der Waals surface area contributed by atoms with Crippen molar-refractivity contribution in [1.82, 2.24) is 4.90 Å². The Bertz CT molecular complexity index is 896. The summed E-state index contributed by atoms with van der Waals surface area (Å²) in [6.07, 6.45) is 10.8. The van der Waals surface area contributed by atoms with Crippen molar-refractivity contribution in [3.63, 3.8) is 0 Å². The summed E-state index contributed by atoms with van der Waals surface area (Å²) in [6.45, 7) is 7.69. The maximum Gasteiger partial charge on any atom is 0.246 e. The van der Waals surface area contributed by atoms with Crippen LogP contribution in [0.4, 0.5) is 5.69 Å². The van der Waals surface area contributed by atoms with Gasteiger partial charge in [-0.2, -0.15) is 0 Å². The van der Waals surface area contributed by atoms with Crippen molar-refractivity contribution >= 4 is 17.5 Å². The van der Waals surface area contributed by atoms with Crippen LogP contribution in [0.1, 0.15) is 59.3 Å². The number of nitrogens with one attached hydrogen (secondary N) is 1. The van der Waals surface area contributed by atoms with Crippen molar-refractivity contribution in [1.29, 1.82) is 0 Å². The Morgan fingerprint density at radius 2 is 1.84 bits per heavy atom. The minimum atomic E-state index is 0.0680. The number of likely N-dealkylation sites (N-methyl/N-ethyl adjacent to an activating group) is 1. The molecular weight excluding hydrogens is 384 g/mol. The molecule has 1 aromatic carbocycles. The van der Waals surface area contributed by atoms with Gasteiger partial charge >= 0.3 is 0 Å². The van der Waals surface area contributed by atoms with Gasteiger partial charge in [-0.25, -0.2) is 0 Å². The van der Waals surface area contributed by atoms with Gasteiger partial charge in [0.05, 0.1) is 0 Å². The van der Waals surface area contributed by atoms with Crippen molar-refractivity contribution in [2.75, 3.05) is 11.9 Å². The van der Waals surface area contributed by atoms with Crippen LogP contribution in [0.2, 0.25) is 0 Å². The Morgan fingerprint density at radius 1 is 1.06 bits per heavy atom. The highest BCUT2D eigenvalue weighted by Gasteiger charge is 2.61. The van der Waals surface area contributed by atoms with Gasteiger partial charge < -0.3 is 10.2 Å². The van der Waals surface area contributed by atoms with Gasteiger partial charge in [0.25, 0.3) is 0 Å². The van der Waals surface area contributed by atoms with E-state index in [2.05, 4.69) is 37.1 Å². The van der Waals surface area contributed by atoms with E-state index in [1.165, 1.54) is 6.42 Å². The SMILES string of the molecule is CCN1C(=O)C=C[C@@]2(C)C1CC[C@@H]1[C@H]2CC[C@]2(C)C(C(=O)Nc3ccccc3)CC[C@@H]12. The predicted molar refractivity (Wildman–Crippen MR) is 123 cm³/mol. The van der Waals surface area contributed by atoms with Gasteiger partial charge in [0.15, 0.2) is 0 Å². The standard InChI is InChI=1S/C27H36N2O2/c1-4-29-23-13-10-19-20-11-12-22(25(31)28-18-8-6-5-7-9-18)26(20,2)16-14-21(19)27(23,3)17-15-24(29)30/h5-9,15,17,19-23H,4,10-14,16H2,1-3H3,(H,28,31)/t19-,20-,21+,22?,23?,26-,27+/m0/s1. The van der Waals surface area contributed by atoms with Gasteiger partial charge in [0.2, 0.25) is 11.8 Å². The molecule has 3 fully saturated rings. The molecule has 0 aromatic heterocycles. The number of carbonyl (C=O) groups is 2. The first-order chi connectivity index (χ1) is 14.9. The molecule has 2 amide bonds. The summed E-state index contributed by atoms with van der Waals surface area (Å²) in [6, 6.07) is 10.2. The lowest BCUT2D eigenvalue weighted by Gasteiger charge is -2.60. The second-order valence-corrected chi connectivity index (χ2v) is 10.8. The number of para-hydroxylation sites is 1. The van der Waals surface area contributed by atoms with E-state index in [9.17, 15) is 9.59 Å². The number of nitrogens with zero attached hydrogens (tertiary/aromatic N) is 1. The van der Waals surface area contributed by atoms with E-state index in [4.69, 9.17) is 0 Å². The smallest absolute Gasteiger partial charge is 0.246 e. The third-order valence-electron chi connectivity index (χ3n) is 9.67. The van der Waals surface area contributed by atoms with Crippen LogP contribution >= 0.6 is 0 Å². The summed E-state index contributed by atoms with van der Waals surface area (Å²) >= 11 is 0. The average Bonchev–Trinajstić information content (AvgIpc) is 3.12. The summed E-state index contributed by atoms with van der Waals surface area (Å²) in [5.74, 6) is 2.36. The minimum Gasteiger partial charge on any atom is -0.336 e. The maximum atomic E-state index is 13.3. The molecule has 0 spiro atoms. The molecule has 1 aromatic rings. The largest absolute Gasteiger partial charge is 0.336 e. The fourth-order valence-electron chi connectivity index (χ4n) is 8.16. The molecule has 31 heavy (non-hydrogen) atoms. The third-order valence-corrected chi connectivity index (χ3v) is 9.67. The highest BCUT2D eigenvalue weighted by molar-refractivity contribution is 5.93.